The first kappa shape index (κ1) is 12.6. The van der Waals surface area contributed by atoms with Crippen LogP contribution in [0.1, 0.15) is 18.9 Å². The maximum Gasteiger partial charge on any atom is 0.133 e. The van der Waals surface area contributed by atoms with E-state index in [1.165, 1.54) is 15.6 Å². The number of rotatable bonds is 5. The molecule has 0 aliphatic carbocycles. The van der Waals surface area contributed by atoms with Gasteiger partial charge in [-0.3, -0.25) is 4.79 Å². The summed E-state index contributed by atoms with van der Waals surface area (Å²) in [4.78, 5) is 11.5. The second kappa shape index (κ2) is 5.65. The Hall–Kier alpha value is -0.860. The van der Waals surface area contributed by atoms with E-state index in [1.807, 2.05) is 12.1 Å². The number of benzene rings is 1. The van der Waals surface area contributed by atoms with E-state index >= 15 is 0 Å². The highest BCUT2D eigenvalue weighted by molar-refractivity contribution is 7.17. The van der Waals surface area contributed by atoms with Gasteiger partial charge in [0, 0.05) is 16.5 Å². The van der Waals surface area contributed by atoms with Crippen molar-refractivity contribution < 1.29 is 4.79 Å². The molecule has 0 aliphatic heterocycles. The number of carbonyl (C=O) groups is 1. The lowest BCUT2D eigenvalue weighted by atomic mass is 9.93. The van der Waals surface area contributed by atoms with Crippen LogP contribution in [0.3, 0.4) is 0 Å². The predicted molar refractivity (Wildman–Crippen MR) is 75.0 cm³/mol. The highest BCUT2D eigenvalue weighted by Gasteiger charge is 2.16. The second-order valence-corrected chi connectivity index (χ2v) is 5.54. The van der Waals surface area contributed by atoms with Crippen LogP contribution in [0, 0.1) is 5.92 Å². The van der Waals surface area contributed by atoms with E-state index in [-0.39, 0.29) is 11.7 Å². The van der Waals surface area contributed by atoms with Gasteiger partial charge < -0.3 is 0 Å². The highest BCUT2D eigenvalue weighted by Crippen LogP contribution is 2.28. The average Bonchev–Trinajstić information content (AvgIpc) is 2.72. The number of ketones is 1. The van der Waals surface area contributed by atoms with Crippen LogP contribution in [0.25, 0.3) is 10.1 Å². The molecule has 0 N–H and O–H groups in total. The van der Waals surface area contributed by atoms with Crippen LogP contribution in [0.4, 0.5) is 0 Å². The summed E-state index contributed by atoms with van der Waals surface area (Å²) < 4.78 is 1.29. The van der Waals surface area contributed by atoms with Crippen molar-refractivity contribution in [3.05, 3.63) is 35.2 Å². The minimum absolute atomic E-state index is 0.0607. The Bertz CT molecular complexity index is 518. The number of alkyl halides is 1. The molecule has 17 heavy (non-hydrogen) atoms. The molecule has 0 amide bonds. The van der Waals surface area contributed by atoms with Gasteiger partial charge in [0.2, 0.25) is 0 Å². The third-order valence-electron chi connectivity index (χ3n) is 3.06. The van der Waals surface area contributed by atoms with Crippen molar-refractivity contribution in [3.8, 4) is 0 Å². The van der Waals surface area contributed by atoms with Gasteiger partial charge in [-0.1, -0.05) is 18.2 Å². The largest absolute Gasteiger partial charge is 0.300 e. The van der Waals surface area contributed by atoms with Crippen LogP contribution in [0.15, 0.2) is 29.6 Å². The molecule has 3 heteroatoms. The Morgan fingerprint density at radius 3 is 2.88 bits per heavy atom. The molecule has 90 valence electrons. The molecule has 0 saturated carbocycles. The Balaban J connectivity index is 2.25. The molecule has 0 spiro atoms. The van der Waals surface area contributed by atoms with Crippen LogP contribution in [0.5, 0.6) is 0 Å². The second-order valence-electron chi connectivity index (χ2n) is 4.25. The Kier molecular flexibility index (Phi) is 4.19. The van der Waals surface area contributed by atoms with E-state index in [4.69, 9.17) is 11.6 Å². The van der Waals surface area contributed by atoms with Crippen molar-refractivity contribution in [1.29, 1.82) is 0 Å². The fourth-order valence-corrected chi connectivity index (χ4v) is 3.28. The van der Waals surface area contributed by atoms with Crippen molar-refractivity contribution >= 4 is 38.8 Å². The summed E-state index contributed by atoms with van der Waals surface area (Å²) in [5.74, 6) is 0.846. The zero-order chi connectivity index (χ0) is 12.3. The molecule has 1 atom stereocenters. The molecule has 2 aromatic rings. The number of halogens is 1. The van der Waals surface area contributed by atoms with E-state index in [0.29, 0.717) is 5.88 Å². The van der Waals surface area contributed by atoms with Crippen molar-refractivity contribution in [2.45, 2.75) is 19.8 Å². The standard InChI is InChI=1S/C14H15ClOS/c1-10(16)11(6-7-15)8-12-9-17-14-5-3-2-4-13(12)14/h2-5,9,11H,6-8H2,1H3. The van der Waals surface area contributed by atoms with Crippen molar-refractivity contribution in [3.63, 3.8) is 0 Å². The smallest absolute Gasteiger partial charge is 0.133 e. The van der Waals surface area contributed by atoms with E-state index in [0.717, 1.165) is 12.8 Å². The lowest BCUT2D eigenvalue weighted by Gasteiger charge is -2.11. The lowest BCUT2D eigenvalue weighted by Crippen LogP contribution is -2.14. The van der Waals surface area contributed by atoms with Gasteiger partial charge in [0.1, 0.15) is 5.78 Å². The van der Waals surface area contributed by atoms with Crippen LogP contribution in [0.2, 0.25) is 0 Å². The third-order valence-corrected chi connectivity index (χ3v) is 4.29. The average molecular weight is 267 g/mol. The monoisotopic (exact) mass is 266 g/mol. The van der Waals surface area contributed by atoms with E-state index in [9.17, 15) is 4.79 Å². The van der Waals surface area contributed by atoms with Crippen molar-refractivity contribution in [2.24, 2.45) is 5.92 Å². The Morgan fingerprint density at radius 2 is 2.18 bits per heavy atom. The number of hydrogen-bond donors (Lipinski definition) is 0. The predicted octanol–water partition coefficient (Wildman–Crippen LogP) is 4.28. The summed E-state index contributed by atoms with van der Waals surface area (Å²) in [5, 5.41) is 3.44. The molecule has 0 radical (unpaired) electrons. The number of fused-ring (bicyclic) bond motifs is 1. The molecular weight excluding hydrogens is 252 g/mol. The molecule has 1 aromatic heterocycles. The van der Waals surface area contributed by atoms with Gasteiger partial charge in [-0.2, -0.15) is 0 Å². The van der Waals surface area contributed by atoms with Gasteiger partial charge in [0.25, 0.3) is 0 Å². The number of Topliss-reactive ketones (excluding diaryl/α,β-unsaturated/α-hetero) is 1. The number of thiophene rings is 1. The van der Waals surface area contributed by atoms with Gasteiger partial charge in [-0.15, -0.1) is 22.9 Å². The van der Waals surface area contributed by atoms with Crippen molar-refractivity contribution in [1.82, 2.24) is 0 Å². The molecular formula is C14H15ClOS. The van der Waals surface area contributed by atoms with Crippen LogP contribution < -0.4 is 0 Å². The zero-order valence-electron chi connectivity index (χ0n) is 9.78. The van der Waals surface area contributed by atoms with Gasteiger partial charge in [-0.05, 0) is 42.2 Å². The fraction of sp³-hybridized carbons (Fsp3) is 0.357. The first-order valence-electron chi connectivity index (χ1n) is 5.74. The molecule has 1 nitrogen and oxygen atoms in total. The summed E-state index contributed by atoms with van der Waals surface area (Å²) in [6.45, 7) is 1.66. The molecule has 1 heterocycles. The van der Waals surface area contributed by atoms with Gasteiger partial charge >= 0.3 is 0 Å². The molecule has 1 unspecified atom stereocenters. The first-order chi connectivity index (χ1) is 8.22. The summed E-state index contributed by atoms with van der Waals surface area (Å²) >= 11 is 7.49. The third kappa shape index (κ3) is 2.88. The maximum absolute atomic E-state index is 11.5. The fourth-order valence-electron chi connectivity index (χ4n) is 2.04. The highest BCUT2D eigenvalue weighted by atomic mass is 35.5. The quantitative estimate of drug-likeness (QED) is 0.739. The summed E-state index contributed by atoms with van der Waals surface area (Å²) in [6.07, 6.45) is 1.58. The van der Waals surface area contributed by atoms with Gasteiger partial charge in [0.05, 0.1) is 0 Å². The number of carbonyl (C=O) groups excluding carboxylic acids is 1. The van der Waals surface area contributed by atoms with E-state index in [1.54, 1.807) is 18.3 Å². The van der Waals surface area contributed by atoms with E-state index < -0.39 is 0 Å². The summed E-state index contributed by atoms with van der Waals surface area (Å²) in [7, 11) is 0. The molecule has 2 rings (SSSR count). The van der Waals surface area contributed by atoms with Crippen LogP contribution in [-0.4, -0.2) is 11.7 Å². The zero-order valence-corrected chi connectivity index (χ0v) is 11.4. The molecule has 0 fully saturated rings. The normalized spacial score (nSPS) is 12.8. The molecule has 0 bridgehead atoms. The van der Waals surface area contributed by atoms with Gasteiger partial charge in [0.15, 0.2) is 0 Å². The minimum Gasteiger partial charge on any atom is -0.300 e. The molecule has 0 saturated heterocycles. The first-order valence-corrected chi connectivity index (χ1v) is 7.15. The topological polar surface area (TPSA) is 17.1 Å². The van der Waals surface area contributed by atoms with Crippen LogP contribution in [-0.2, 0) is 11.2 Å². The molecule has 1 aromatic carbocycles. The summed E-state index contributed by atoms with van der Waals surface area (Å²) in [5.41, 5.74) is 1.27. The Labute approximate surface area is 110 Å². The lowest BCUT2D eigenvalue weighted by molar-refractivity contribution is -0.120. The Morgan fingerprint density at radius 1 is 1.41 bits per heavy atom. The summed E-state index contributed by atoms with van der Waals surface area (Å²) in [6, 6.07) is 8.33. The van der Waals surface area contributed by atoms with Gasteiger partial charge in [-0.25, -0.2) is 0 Å². The van der Waals surface area contributed by atoms with Crippen molar-refractivity contribution in [2.75, 3.05) is 5.88 Å². The minimum atomic E-state index is 0.0607. The number of hydrogen-bond acceptors (Lipinski definition) is 2. The maximum atomic E-state index is 11.5. The van der Waals surface area contributed by atoms with E-state index in [2.05, 4.69) is 17.5 Å². The SMILES string of the molecule is CC(=O)C(CCCl)Cc1csc2ccccc12. The molecule has 0 aliphatic rings. The van der Waals surface area contributed by atoms with Crippen LogP contribution >= 0.6 is 22.9 Å².